The van der Waals surface area contributed by atoms with E-state index < -0.39 is 0 Å². The van der Waals surface area contributed by atoms with Crippen molar-refractivity contribution in [2.75, 3.05) is 36.0 Å². The predicted molar refractivity (Wildman–Crippen MR) is 87.5 cm³/mol. The molecular weight excluding hydrogens is 307 g/mol. The summed E-state index contributed by atoms with van der Waals surface area (Å²) in [6.45, 7) is 3.74. The third kappa shape index (κ3) is 3.39. The number of halogens is 2. The first-order valence-corrected chi connectivity index (χ1v) is 7.80. The molecule has 1 fully saturated rings. The van der Waals surface area contributed by atoms with Gasteiger partial charge in [-0.1, -0.05) is 11.6 Å². The number of anilines is 2. The average molecular weight is 323 g/mol. The molecule has 1 aromatic heterocycles. The molecule has 21 heavy (non-hydrogen) atoms. The maximum absolute atomic E-state index is 5.93. The average Bonchev–Trinajstić information content (AvgIpc) is 2.56. The summed E-state index contributed by atoms with van der Waals surface area (Å²) in [5, 5.41) is 0.769. The van der Waals surface area contributed by atoms with Crippen LogP contribution in [0.25, 0.3) is 0 Å². The van der Waals surface area contributed by atoms with Gasteiger partial charge in [0.05, 0.1) is 17.8 Å². The van der Waals surface area contributed by atoms with Gasteiger partial charge in [0.1, 0.15) is 5.82 Å². The summed E-state index contributed by atoms with van der Waals surface area (Å²) < 4.78 is 0. The van der Waals surface area contributed by atoms with E-state index in [-0.39, 0.29) is 0 Å². The highest BCUT2D eigenvalue weighted by Crippen LogP contribution is 2.21. The lowest BCUT2D eigenvalue weighted by molar-refractivity contribution is 0.645. The molecule has 0 saturated carbocycles. The normalized spacial score (nSPS) is 15.3. The Hall–Kier alpha value is -1.52. The Morgan fingerprint density at radius 3 is 2.29 bits per heavy atom. The molecule has 3 rings (SSSR count). The van der Waals surface area contributed by atoms with Gasteiger partial charge in [0.15, 0.2) is 0 Å². The third-order valence-electron chi connectivity index (χ3n) is 3.60. The molecule has 0 atom stereocenters. The first-order valence-electron chi connectivity index (χ1n) is 6.88. The zero-order chi connectivity index (χ0) is 14.7. The fraction of sp³-hybridized carbons (Fsp3) is 0.333. The first-order chi connectivity index (χ1) is 10.3. The predicted octanol–water partition coefficient (Wildman–Crippen LogP) is 3.20. The van der Waals surface area contributed by atoms with Gasteiger partial charge in [0.2, 0.25) is 0 Å². The van der Waals surface area contributed by atoms with Crippen molar-refractivity contribution in [3.63, 3.8) is 0 Å². The number of aromatic nitrogens is 2. The van der Waals surface area contributed by atoms with Crippen LogP contribution in [0.3, 0.4) is 0 Å². The maximum atomic E-state index is 5.93. The first kappa shape index (κ1) is 14.4. The molecule has 2 aromatic rings. The number of hydrogen-bond donors (Lipinski definition) is 0. The highest BCUT2D eigenvalue weighted by Gasteiger charge is 2.18. The zero-order valence-electron chi connectivity index (χ0n) is 11.5. The van der Waals surface area contributed by atoms with E-state index in [0.717, 1.165) is 42.7 Å². The Bertz CT molecular complexity index is 595. The van der Waals surface area contributed by atoms with Crippen molar-refractivity contribution < 1.29 is 0 Å². The van der Waals surface area contributed by atoms with Crippen LogP contribution < -0.4 is 9.80 Å². The number of piperazine rings is 1. The Balaban J connectivity index is 1.65. The summed E-state index contributed by atoms with van der Waals surface area (Å²) in [6.07, 6.45) is 3.51. The Morgan fingerprint density at radius 1 is 0.952 bits per heavy atom. The molecule has 1 aliphatic rings. The van der Waals surface area contributed by atoms with Crippen molar-refractivity contribution >= 4 is 34.7 Å². The van der Waals surface area contributed by atoms with Crippen LogP contribution in [0, 0.1) is 0 Å². The fourth-order valence-electron chi connectivity index (χ4n) is 2.46. The lowest BCUT2D eigenvalue weighted by Gasteiger charge is -2.36. The maximum Gasteiger partial charge on any atom is 0.147 e. The molecule has 0 N–H and O–H groups in total. The van der Waals surface area contributed by atoms with Crippen molar-refractivity contribution in [3.8, 4) is 0 Å². The second-order valence-corrected chi connectivity index (χ2v) is 5.66. The van der Waals surface area contributed by atoms with Gasteiger partial charge in [0.25, 0.3) is 0 Å². The SMILES string of the molecule is ClCc1cncc(N2CCN(c3ccc(Cl)cc3)CC2)n1. The molecule has 1 aromatic carbocycles. The molecule has 0 aliphatic carbocycles. The van der Waals surface area contributed by atoms with Gasteiger partial charge in [0, 0.05) is 43.1 Å². The molecule has 0 amide bonds. The van der Waals surface area contributed by atoms with Crippen molar-refractivity contribution in [2.45, 2.75) is 5.88 Å². The van der Waals surface area contributed by atoms with Crippen LogP contribution in [0.2, 0.25) is 5.02 Å². The van der Waals surface area contributed by atoms with Crippen LogP contribution in [0.4, 0.5) is 11.5 Å². The van der Waals surface area contributed by atoms with Gasteiger partial charge in [-0.05, 0) is 24.3 Å². The van der Waals surface area contributed by atoms with Gasteiger partial charge in [-0.3, -0.25) is 4.98 Å². The molecular formula is C15H16Cl2N4. The van der Waals surface area contributed by atoms with Crippen LogP contribution in [0.5, 0.6) is 0 Å². The zero-order valence-corrected chi connectivity index (χ0v) is 13.1. The smallest absolute Gasteiger partial charge is 0.147 e. The fourth-order valence-corrected chi connectivity index (χ4v) is 2.71. The van der Waals surface area contributed by atoms with Gasteiger partial charge in [-0.2, -0.15) is 0 Å². The van der Waals surface area contributed by atoms with Crippen LogP contribution in [0.15, 0.2) is 36.7 Å². The molecule has 2 heterocycles. The number of benzene rings is 1. The van der Waals surface area contributed by atoms with Crippen LogP contribution >= 0.6 is 23.2 Å². The van der Waals surface area contributed by atoms with Gasteiger partial charge in [-0.15, -0.1) is 11.6 Å². The quantitative estimate of drug-likeness (QED) is 0.812. The molecule has 0 bridgehead atoms. The van der Waals surface area contributed by atoms with E-state index in [4.69, 9.17) is 23.2 Å². The monoisotopic (exact) mass is 322 g/mol. The highest BCUT2D eigenvalue weighted by atomic mass is 35.5. The Kier molecular flexibility index (Phi) is 4.46. The second kappa shape index (κ2) is 6.50. The van der Waals surface area contributed by atoms with E-state index in [2.05, 4.69) is 31.9 Å². The van der Waals surface area contributed by atoms with Crippen molar-refractivity contribution in [1.82, 2.24) is 9.97 Å². The molecule has 4 nitrogen and oxygen atoms in total. The molecule has 0 spiro atoms. The minimum absolute atomic E-state index is 0.394. The largest absolute Gasteiger partial charge is 0.368 e. The molecule has 0 unspecified atom stereocenters. The molecule has 6 heteroatoms. The molecule has 1 saturated heterocycles. The van der Waals surface area contributed by atoms with Crippen molar-refractivity contribution in [2.24, 2.45) is 0 Å². The van der Waals surface area contributed by atoms with Crippen molar-refractivity contribution in [1.29, 1.82) is 0 Å². The second-order valence-electron chi connectivity index (χ2n) is 4.95. The van der Waals surface area contributed by atoms with E-state index >= 15 is 0 Å². The van der Waals surface area contributed by atoms with Crippen LogP contribution in [-0.2, 0) is 5.88 Å². The third-order valence-corrected chi connectivity index (χ3v) is 4.13. The number of rotatable bonds is 3. The lowest BCUT2D eigenvalue weighted by Crippen LogP contribution is -2.46. The van der Waals surface area contributed by atoms with Crippen LogP contribution in [0.1, 0.15) is 5.69 Å². The molecule has 110 valence electrons. The molecule has 0 radical (unpaired) electrons. The van der Waals surface area contributed by atoms with Gasteiger partial charge in [-0.25, -0.2) is 4.98 Å². The van der Waals surface area contributed by atoms with E-state index in [9.17, 15) is 0 Å². The number of nitrogens with zero attached hydrogens (tertiary/aromatic N) is 4. The molecule has 1 aliphatic heterocycles. The van der Waals surface area contributed by atoms with Crippen molar-refractivity contribution in [3.05, 3.63) is 47.4 Å². The van der Waals surface area contributed by atoms with Gasteiger partial charge >= 0.3 is 0 Å². The number of alkyl halides is 1. The minimum atomic E-state index is 0.394. The van der Waals surface area contributed by atoms with Crippen LogP contribution in [-0.4, -0.2) is 36.1 Å². The summed E-state index contributed by atoms with van der Waals surface area (Å²) in [7, 11) is 0. The van der Waals surface area contributed by atoms with E-state index in [1.54, 1.807) is 12.4 Å². The Morgan fingerprint density at radius 2 is 1.62 bits per heavy atom. The van der Waals surface area contributed by atoms with E-state index in [0.29, 0.717) is 5.88 Å². The Labute approximate surface area is 134 Å². The summed E-state index contributed by atoms with van der Waals surface area (Å²) >= 11 is 11.7. The highest BCUT2D eigenvalue weighted by molar-refractivity contribution is 6.30. The lowest BCUT2D eigenvalue weighted by atomic mass is 10.2. The standard InChI is InChI=1S/C15H16Cl2N4/c16-9-13-10-18-11-15(19-13)21-7-5-20(6-8-21)14-3-1-12(17)2-4-14/h1-4,10-11H,5-9H2. The van der Waals surface area contributed by atoms with E-state index in [1.165, 1.54) is 5.69 Å². The summed E-state index contributed by atoms with van der Waals surface area (Å²) in [5.74, 6) is 1.30. The van der Waals surface area contributed by atoms with E-state index in [1.807, 2.05) is 12.1 Å². The summed E-state index contributed by atoms with van der Waals surface area (Å²) in [6, 6.07) is 7.98. The summed E-state index contributed by atoms with van der Waals surface area (Å²) in [4.78, 5) is 13.3. The summed E-state index contributed by atoms with van der Waals surface area (Å²) in [5.41, 5.74) is 2.02. The topological polar surface area (TPSA) is 32.3 Å². The number of hydrogen-bond acceptors (Lipinski definition) is 4. The van der Waals surface area contributed by atoms with Gasteiger partial charge < -0.3 is 9.80 Å². The minimum Gasteiger partial charge on any atom is -0.368 e.